The third-order valence-corrected chi connectivity index (χ3v) is 5.27. The molecule has 0 spiro atoms. The number of nitrogens with zero attached hydrogens (tertiary/aromatic N) is 1. The van der Waals surface area contributed by atoms with Crippen molar-refractivity contribution in [3.63, 3.8) is 0 Å². The van der Waals surface area contributed by atoms with Gasteiger partial charge in [-0.1, -0.05) is 18.2 Å². The average Bonchev–Trinajstić information content (AvgIpc) is 2.55. The number of hydrogen-bond acceptors (Lipinski definition) is 3. The monoisotopic (exact) mass is 354 g/mol. The lowest BCUT2D eigenvalue weighted by Crippen LogP contribution is -2.27. The number of carbonyl (C=O) groups excluding carboxylic acids is 1. The van der Waals surface area contributed by atoms with Gasteiger partial charge in [0.25, 0.3) is 5.91 Å². The van der Waals surface area contributed by atoms with E-state index < -0.39 is 27.6 Å². The zero-order valence-electron chi connectivity index (χ0n) is 13.1. The minimum Gasteiger partial charge on any atom is -0.348 e. The van der Waals surface area contributed by atoms with Gasteiger partial charge in [0.15, 0.2) is 11.6 Å². The van der Waals surface area contributed by atoms with Gasteiger partial charge in [0.2, 0.25) is 10.0 Å². The van der Waals surface area contributed by atoms with Crippen molar-refractivity contribution in [2.45, 2.75) is 11.4 Å². The molecule has 2 aromatic carbocycles. The van der Waals surface area contributed by atoms with Gasteiger partial charge in [0.05, 0.1) is 4.90 Å². The second kappa shape index (κ2) is 7.06. The zero-order valence-corrected chi connectivity index (χ0v) is 13.9. The minimum absolute atomic E-state index is 0.0538. The van der Waals surface area contributed by atoms with Crippen molar-refractivity contribution in [2.24, 2.45) is 0 Å². The Morgan fingerprint density at radius 3 is 2.38 bits per heavy atom. The first kappa shape index (κ1) is 18.0. The number of halogens is 2. The number of nitrogens with one attached hydrogen (secondary N) is 1. The molecule has 128 valence electrons. The minimum atomic E-state index is -3.66. The molecule has 1 N–H and O–H groups in total. The van der Waals surface area contributed by atoms with Gasteiger partial charge in [0.1, 0.15) is 0 Å². The van der Waals surface area contributed by atoms with Crippen LogP contribution in [-0.2, 0) is 16.6 Å². The van der Waals surface area contributed by atoms with Crippen molar-refractivity contribution in [1.82, 2.24) is 9.62 Å². The first-order valence-corrected chi connectivity index (χ1v) is 8.41. The Hall–Kier alpha value is -2.32. The van der Waals surface area contributed by atoms with Gasteiger partial charge in [-0.3, -0.25) is 4.79 Å². The highest BCUT2D eigenvalue weighted by Crippen LogP contribution is 2.18. The molecule has 0 aliphatic carbocycles. The standard InChI is InChI=1S/C16H16F2N2O3S/c1-20(2)24(22,23)15-6-4-3-5-12(15)10-19-16(21)11-7-8-13(17)14(18)9-11/h3-9H,10H2,1-2H3,(H,19,21). The van der Waals surface area contributed by atoms with Crippen molar-refractivity contribution in [1.29, 1.82) is 0 Å². The number of hydrogen-bond donors (Lipinski definition) is 1. The summed E-state index contributed by atoms with van der Waals surface area (Å²) in [6.45, 7) is -0.0684. The van der Waals surface area contributed by atoms with E-state index in [4.69, 9.17) is 0 Å². The lowest BCUT2D eigenvalue weighted by atomic mass is 10.2. The molecule has 0 fully saturated rings. The Bertz CT molecular complexity index is 867. The molecule has 0 aromatic heterocycles. The van der Waals surface area contributed by atoms with Gasteiger partial charge in [-0.05, 0) is 29.8 Å². The maximum atomic E-state index is 13.2. The van der Waals surface area contributed by atoms with Gasteiger partial charge in [0, 0.05) is 26.2 Å². The predicted molar refractivity (Wildman–Crippen MR) is 84.8 cm³/mol. The third kappa shape index (κ3) is 3.77. The van der Waals surface area contributed by atoms with E-state index in [-0.39, 0.29) is 17.0 Å². The van der Waals surface area contributed by atoms with Crippen LogP contribution in [0.5, 0.6) is 0 Å². The summed E-state index contributed by atoms with van der Waals surface area (Å²) in [4.78, 5) is 12.1. The topological polar surface area (TPSA) is 66.5 Å². The first-order valence-electron chi connectivity index (χ1n) is 6.97. The highest BCUT2D eigenvalue weighted by Gasteiger charge is 2.21. The van der Waals surface area contributed by atoms with Crippen LogP contribution in [0.15, 0.2) is 47.4 Å². The fraction of sp³-hybridized carbons (Fsp3) is 0.188. The van der Waals surface area contributed by atoms with Crippen LogP contribution in [0.2, 0.25) is 0 Å². The second-order valence-electron chi connectivity index (χ2n) is 5.21. The van der Waals surface area contributed by atoms with Crippen molar-refractivity contribution >= 4 is 15.9 Å². The average molecular weight is 354 g/mol. The van der Waals surface area contributed by atoms with Crippen LogP contribution in [0.4, 0.5) is 8.78 Å². The number of sulfonamides is 1. The van der Waals surface area contributed by atoms with Crippen molar-refractivity contribution in [3.05, 3.63) is 65.2 Å². The van der Waals surface area contributed by atoms with E-state index in [1.807, 2.05) is 0 Å². The van der Waals surface area contributed by atoms with Crippen molar-refractivity contribution in [2.75, 3.05) is 14.1 Å². The van der Waals surface area contributed by atoms with Crippen LogP contribution < -0.4 is 5.32 Å². The molecule has 0 heterocycles. The summed E-state index contributed by atoms with van der Waals surface area (Å²) in [7, 11) is -0.843. The quantitative estimate of drug-likeness (QED) is 0.895. The SMILES string of the molecule is CN(C)S(=O)(=O)c1ccccc1CNC(=O)c1ccc(F)c(F)c1. The summed E-state index contributed by atoms with van der Waals surface area (Å²) in [6, 6.07) is 9.03. The Kier molecular flexibility index (Phi) is 5.30. The normalized spacial score (nSPS) is 11.5. The largest absolute Gasteiger partial charge is 0.348 e. The van der Waals surface area contributed by atoms with E-state index in [0.29, 0.717) is 5.56 Å². The Labute approximate surface area is 139 Å². The van der Waals surface area contributed by atoms with Gasteiger partial charge in [-0.15, -0.1) is 0 Å². The van der Waals surface area contributed by atoms with E-state index in [1.165, 1.54) is 20.2 Å². The molecule has 0 atom stereocenters. The molecule has 1 amide bonds. The Balaban J connectivity index is 2.21. The number of benzene rings is 2. The molecule has 0 radical (unpaired) electrons. The number of amides is 1. The summed E-state index contributed by atoms with van der Waals surface area (Å²) in [5.74, 6) is -2.81. The summed E-state index contributed by atoms with van der Waals surface area (Å²) in [5.41, 5.74) is 0.337. The Morgan fingerprint density at radius 1 is 1.08 bits per heavy atom. The van der Waals surface area contributed by atoms with Crippen molar-refractivity contribution in [3.8, 4) is 0 Å². The van der Waals surface area contributed by atoms with Crippen LogP contribution in [-0.4, -0.2) is 32.7 Å². The van der Waals surface area contributed by atoms with E-state index in [2.05, 4.69) is 5.32 Å². The number of carbonyl (C=O) groups is 1. The molecule has 2 rings (SSSR count). The molecule has 0 unspecified atom stereocenters. The highest BCUT2D eigenvalue weighted by atomic mass is 32.2. The maximum Gasteiger partial charge on any atom is 0.251 e. The molecule has 5 nitrogen and oxygen atoms in total. The fourth-order valence-corrected chi connectivity index (χ4v) is 3.13. The first-order chi connectivity index (χ1) is 11.2. The fourth-order valence-electron chi connectivity index (χ4n) is 2.01. The van der Waals surface area contributed by atoms with E-state index in [0.717, 1.165) is 22.5 Å². The molecule has 8 heteroatoms. The van der Waals surface area contributed by atoms with Crippen LogP contribution in [0.3, 0.4) is 0 Å². The summed E-state index contributed by atoms with van der Waals surface area (Å²) < 4.78 is 51.7. The number of rotatable bonds is 5. The second-order valence-corrected chi connectivity index (χ2v) is 7.33. The van der Waals surface area contributed by atoms with Crippen LogP contribution in [0.1, 0.15) is 15.9 Å². The molecule has 0 saturated heterocycles. The molecule has 0 aliphatic heterocycles. The lowest BCUT2D eigenvalue weighted by Gasteiger charge is -2.15. The Morgan fingerprint density at radius 2 is 1.75 bits per heavy atom. The summed E-state index contributed by atoms with van der Waals surface area (Å²) in [5, 5.41) is 2.50. The molecular weight excluding hydrogens is 338 g/mol. The van der Waals surface area contributed by atoms with E-state index in [9.17, 15) is 22.0 Å². The molecule has 0 saturated carbocycles. The molecule has 0 bridgehead atoms. The van der Waals surface area contributed by atoms with Gasteiger partial charge >= 0.3 is 0 Å². The van der Waals surface area contributed by atoms with Gasteiger partial charge < -0.3 is 5.32 Å². The lowest BCUT2D eigenvalue weighted by molar-refractivity contribution is 0.0950. The van der Waals surface area contributed by atoms with Crippen molar-refractivity contribution < 1.29 is 22.0 Å². The molecule has 24 heavy (non-hydrogen) atoms. The highest BCUT2D eigenvalue weighted by molar-refractivity contribution is 7.89. The molecule has 0 aliphatic rings. The van der Waals surface area contributed by atoms with E-state index in [1.54, 1.807) is 18.2 Å². The maximum absolute atomic E-state index is 13.2. The van der Waals surface area contributed by atoms with Gasteiger partial charge in [-0.25, -0.2) is 21.5 Å². The predicted octanol–water partition coefficient (Wildman–Crippen LogP) is 2.15. The van der Waals surface area contributed by atoms with Crippen LogP contribution >= 0.6 is 0 Å². The molecular formula is C16H16F2N2O3S. The van der Waals surface area contributed by atoms with Crippen LogP contribution in [0, 0.1) is 11.6 Å². The van der Waals surface area contributed by atoms with E-state index >= 15 is 0 Å². The van der Waals surface area contributed by atoms with Gasteiger partial charge in [-0.2, -0.15) is 0 Å². The smallest absolute Gasteiger partial charge is 0.251 e. The summed E-state index contributed by atoms with van der Waals surface area (Å²) in [6.07, 6.45) is 0. The third-order valence-electron chi connectivity index (χ3n) is 3.35. The summed E-state index contributed by atoms with van der Waals surface area (Å²) >= 11 is 0. The zero-order chi connectivity index (χ0) is 17.9. The molecule has 2 aromatic rings. The van der Waals surface area contributed by atoms with Crippen LogP contribution in [0.25, 0.3) is 0 Å².